The monoisotopic (exact) mass is 288 g/mol. The second-order valence-corrected chi connectivity index (χ2v) is 4.55. The van der Waals surface area contributed by atoms with Gasteiger partial charge < -0.3 is 15.6 Å². The van der Waals surface area contributed by atoms with Crippen LogP contribution in [0, 0.1) is 10.1 Å². The van der Waals surface area contributed by atoms with Crippen LogP contribution < -0.4 is 10.5 Å². The predicted octanol–water partition coefficient (Wildman–Crippen LogP) is 2.29. The molecule has 21 heavy (non-hydrogen) atoms. The topological polar surface area (TPSA) is 98.6 Å². The zero-order chi connectivity index (χ0) is 15.2. The van der Waals surface area contributed by atoms with Crippen LogP contribution in [0.1, 0.15) is 11.1 Å². The Labute approximate surface area is 121 Å². The van der Waals surface area contributed by atoms with Gasteiger partial charge >= 0.3 is 0 Å². The summed E-state index contributed by atoms with van der Waals surface area (Å²) in [5, 5.41) is 19.6. The molecule has 110 valence electrons. The van der Waals surface area contributed by atoms with E-state index >= 15 is 0 Å². The Balaban J connectivity index is 2.05. The van der Waals surface area contributed by atoms with Gasteiger partial charge in [-0.15, -0.1) is 0 Å². The number of anilines is 1. The average molecular weight is 288 g/mol. The molecule has 6 nitrogen and oxygen atoms in total. The smallest absolute Gasteiger partial charge is 0.269 e. The molecule has 0 aliphatic carbocycles. The molecule has 0 amide bonds. The highest BCUT2D eigenvalue weighted by Crippen LogP contribution is 2.22. The summed E-state index contributed by atoms with van der Waals surface area (Å²) in [6, 6.07) is 11.6. The molecule has 6 heteroatoms. The number of hydrogen-bond donors (Lipinski definition) is 2. The van der Waals surface area contributed by atoms with Crippen molar-refractivity contribution in [1.82, 2.24) is 0 Å². The first kappa shape index (κ1) is 14.8. The maximum atomic E-state index is 10.7. The van der Waals surface area contributed by atoms with Crippen molar-refractivity contribution in [3.05, 3.63) is 63.7 Å². The molecule has 0 bridgehead atoms. The van der Waals surface area contributed by atoms with Gasteiger partial charge in [0.25, 0.3) is 5.69 Å². The largest absolute Gasteiger partial charge is 0.489 e. The van der Waals surface area contributed by atoms with Crippen molar-refractivity contribution in [1.29, 1.82) is 0 Å². The van der Waals surface area contributed by atoms with Crippen LogP contribution in [0.4, 0.5) is 11.4 Å². The lowest BCUT2D eigenvalue weighted by molar-refractivity contribution is -0.384. The van der Waals surface area contributed by atoms with Gasteiger partial charge in [-0.1, -0.05) is 12.1 Å². The molecule has 0 fully saturated rings. The Bertz CT molecular complexity index is 626. The van der Waals surface area contributed by atoms with Crippen LogP contribution in [-0.2, 0) is 13.0 Å². The Morgan fingerprint density at radius 1 is 1.19 bits per heavy atom. The Morgan fingerprint density at radius 3 is 2.52 bits per heavy atom. The molecule has 0 unspecified atom stereocenters. The van der Waals surface area contributed by atoms with Gasteiger partial charge in [-0.25, -0.2) is 0 Å². The number of nitrogens with two attached hydrogens (primary N) is 1. The highest BCUT2D eigenvalue weighted by molar-refractivity contribution is 5.52. The Morgan fingerprint density at radius 2 is 1.90 bits per heavy atom. The fraction of sp³-hybridized carbons (Fsp3) is 0.200. The number of nitro groups is 1. The average Bonchev–Trinajstić information content (AvgIpc) is 2.48. The van der Waals surface area contributed by atoms with E-state index < -0.39 is 4.92 Å². The van der Waals surface area contributed by atoms with Crippen molar-refractivity contribution in [2.45, 2.75) is 13.0 Å². The molecule has 0 atom stereocenters. The minimum absolute atomic E-state index is 0.0129. The summed E-state index contributed by atoms with van der Waals surface area (Å²) in [5.74, 6) is 0.641. The van der Waals surface area contributed by atoms with Gasteiger partial charge in [-0.2, -0.15) is 0 Å². The summed E-state index contributed by atoms with van der Waals surface area (Å²) >= 11 is 0. The third-order valence-electron chi connectivity index (χ3n) is 3.06. The summed E-state index contributed by atoms with van der Waals surface area (Å²) in [6.45, 7) is 0.261. The molecule has 2 aromatic carbocycles. The van der Waals surface area contributed by atoms with Crippen molar-refractivity contribution >= 4 is 11.4 Å². The predicted molar refractivity (Wildman–Crippen MR) is 79.1 cm³/mol. The van der Waals surface area contributed by atoms with E-state index in [9.17, 15) is 10.1 Å². The molecule has 3 N–H and O–H groups in total. The van der Waals surface area contributed by atoms with Crippen molar-refractivity contribution in [3.8, 4) is 5.75 Å². The fourth-order valence-corrected chi connectivity index (χ4v) is 1.87. The molecule has 0 saturated heterocycles. The van der Waals surface area contributed by atoms with Crippen molar-refractivity contribution in [2.75, 3.05) is 12.3 Å². The van der Waals surface area contributed by atoms with E-state index in [-0.39, 0.29) is 18.9 Å². The molecule has 0 aliphatic heterocycles. The van der Waals surface area contributed by atoms with Crippen LogP contribution in [0.3, 0.4) is 0 Å². The third kappa shape index (κ3) is 3.93. The van der Waals surface area contributed by atoms with Crippen molar-refractivity contribution in [3.63, 3.8) is 0 Å². The minimum Gasteiger partial charge on any atom is -0.489 e. The number of rotatable bonds is 6. The lowest BCUT2D eigenvalue weighted by atomic mass is 10.1. The number of ether oxygens (including phenoxy) is 1. The van der Waals surface area contributed by atoms with Crippen LogP contribution >= 0.6 is 0 Å². The molecule has 2 aromatic rings. The number of aliphatic hydroxyl groups is 1. The summed E-state index contributed by atoms with van der Waals surface area (Å²) < 4.78 is 5.58. The molecule has 0 heterocycles. The van der Waals surface area contributed by atoms with Gasteiger partial charge in [0, 0.05) is 30.0 Å². The highest BCUT2D eigenvalue weighted by atomic mass is 16.6. The van der Waals surface area contributed by atoms with E-state index in [1.165, 1.54) is 18.2 Å². The number of aliphatic hydroxyl groups excluding tert-OH is 1. The number of non-ortho nitro benzene ring substituents is 1. The molecule has 0 aromatic heterocycles. The maximum absolute atomic E-state index is 10.7. The van der Waals surface area contributed by atoms with E-state index in [1.807, 2.05) is 12.1 Å². The first-order chi connectivity index (χ1) is 10.1. The zero-order valence-corrected chi connectivity index (χ0v) is 11.4. The van der Waals surface area contributed by atoms with Crippen LogP contribution in [0.5, 0.6) is 5.75 Å². The second kappa shape index (κ2) is 6.71. The van der Waals surface area contributed by atoms with E-state index in [2.05, 4.69) is 0 Å². The highest BCUT2D eigenvalue weighted by Gasteiger charge is 2.09. The molecule has 2 rings (SSSR count). The van der Waals surface area contributed by atoms with E-state index in [0.717, 1.165) is 5.56 Å². The van der Waals surface area contributed by atoms with E-state index in [0.29, 0.717) is 23.4 Å². The van der Waals surface area contributed by atoms with Crippen LogP contribution in [-0.4, -0.2) is 16.6 Å². The van der Waals surface area contributed by atoms with Crippen molar-refractivity contribution in [2.24, 2.45) is 0 Å². The van der Waals surface area contributed by atoms with Crippen LogP contribution in [0.2, 0.25) is 0 Å². The number of benzene rings is 2. The van der Waals surface area contributed by atoms with E-state index in [4.69, 9.17) is 15.6 Å². The first-order valence-electron chi connectivity index (χ1n) is 6.45. The zero-order valence-electron chi connectivity index (χ0n) is 11.4. The molecule has 0 saturated carbocycles. The molecular formula is C15H16N2O4. The fourth-order valence-electron chi connectivity index (χ4n) is 1.87. The summed E-state index contributed by atoms with van der Waals surface area (Å²) in [4.78, 5) is 10.3. The summed E-state index contributed by atoms with van der Waals surface area (Å²) in [6.07, 6.45) is 0.595. The molecule has 0 spiro atoms. The van der Waals surface area contributed by atoms with Gasteiger partial charge in [0.1, 0.15) is 12.4 Å². The number of hydrogen-bond acceptors (Lipinski definition) is 5. The van der Waals surface area contributed by atoms with Gasteiger partial charge in [0.15, 0.2) is 0 Å². The lowest BCUT2D eigenvalue weighted by Gasteiger charge is -2.09. The van der Waals surface area contributed by atoms with Crippen molar-refractivity contribution < 1.29 is 14.8 Å². The van der Waals surface area contributed by atoms with Gasteiger partial charge in [0.2, 0.25) is 0 Å². The number of nitrogen functional groups attached to an aromatic ring is 1. The normalized spacial score (nSPS) is 10.3. The second-order valence-electron chi connectivity index (χ2n) is 4.55. The Hall–Kier alpha value is -2.60. The molecule has 0 radical (unpaired) electrons. The van der Waals surface area contributed by atoms with Gasteiger partial charge in [-0.3, -0.25) is 10.1 Å². The van der Waals surface area contributed by atoms with Gasteiger partial charge in [-0.05, 0) is 30.2 Å². The summed E-state index contributed by atoms with van der Waals surface area (Å²) in [7, 11) is 0. The quantitative estimate of drug-likeness (QED) is 0.482. The Kier molecular flexibility index (Phi) is 4.73. The number of nitrogens with zero attached hydrogens (tertiary/aromatic N) is 1. The van der Waals surface area contributed by atoms with E-state index in [1.54, 1.807) is 12.1 Å². The minimum atomic E-state index is -0.466. The summed E-state index contributed by atoms with van der Waals surface area (Å²) in [5.41, 5.74) is 7.82. The lowest BCUT2D eigenvalue weighted by Crippen LogP contribution is -2.01. The standard InChI is InChI=1S/C15H16N2O4/c16-15-6-3-13(17(19)20)9-12(15)10-21-14-4-1-11(2-5-14)7-8-18/h1-6,9,18H,7-8,10,16H2. The van der Waals surface area contributed by atoms with Crippen LogP contribution in [0.15, 0.2) is 42.5 Å². The molecule has 0 aliphatic rings. The number of nitro benzene ring substituents is 1. The first-order valence-corrected chi connectivity index (χ1v) is 6.45. The SMILES string of the molecule is Nc1ccc([N+](=O)[O-])cc1COc1ccc(CCO)cc1. The third-order valence-corrected chi connectivity index (χ3v) is 3.06. The van der Waals surface area contributed by atoms with Crippen LogP contribution in [0.25, 0.3) is 0 Å². The van der Waals surface area contributed by atoms with Gasteiger partial charge in [0.05, 0.1) is 4.92 Å². The molecular weight excluding hydrogens is 272 g/mol. The maximum Gasteiger partial charge on any atom is 0.269 e.